The van der Waals surface area contributed by atoms with E-state index in [1.165, 1.54) is 12.8 Å². The molecule has 0 aromatic rings. The van der Waals surface area contributed by atoms with Gasteiger partial charge in [-0.2, -0.15) is 0 Å². The minimum Gasteiger partial charge on any atom is -0.481 e. The van der Waals surface area contributed by atoms with E-state index in [4.69, 9.17) is 5.11 Å². The predicted octanol–water partition coefficient (Wildman–Crippen LogP) is 2.71. The maximum Gasteiger partial charge on any atom is 0.317 e. The number of urea groups is 1. The highest BCUT2D eigenvalue weighted by molar-refractivity contribution is 5.76. The average molecular weight is 296 g/mol. The molecule has 1 heterocycles. The number of nitrogens with zero attached hydrogens (tertiary/aromatic N) is 1. The van der Waals surface area contributed by atoms with Crippen LogP contribution in [0, 0.1) is 17.8 Å². The molecule has 0 bridgehead atoms. The van der Waals surface area contributed by atoms with Gasteiger partial charge < -0.3 is 15.3 Å². The van der Waals surface area contributed by atoms with E-state index >= 15 is 0 Å². The van der Waals surface area contributed by atoms with E-state index in [1.54, 1.807) is 0 Å². The Morgan fingerprint density at radius 1 is 1.10 bits per heavy atom. The first-order valence-electron chi connectivity index (χ1n) is 8.18. The smallest absolute Gasteiger partial charge is 0.317 e. The third-order valence-electron chi connectivity index (χ3n) is 5.23. The Morgan fingerprint density at radius 2 is 1.81 bits per heavy atom. The maximum absolute atomic E-state index is 12.4. The normalized spacial score (nSPS) is 37.1. The Balaban J connectivity index is 1.87. The van der Waals surface area contributed by atoms with Gasteiger partial charge in [0.15, 0.2) is 0 Å². The van der Waals surface area contributed by atoms with Crippen molar-refractivity contribution in [2.24, 2.45) is 17.8 Å². The first kappa shape index (κ1) is 16.1. The van der Waals surface area contributed by atoms with Crippen molar-refractivity contribution in [1.29, 1.82) is 0 Å². The molecule has 1 saturated heterocycles. The Bertz CT molecular complexity index is 399. The number of aliphatic carboxylic acids is 1. The first-order chi connectivity index (χ1) is 9.88. The minimum atomic E-state index is -0.739. The van der Waals surface area contributed by atoms with Gasteiger partial charge in [0.25, 0.3) is 0 Å². The van der Waals surface area contributed by atoms with Gasteiger partial charge in [0.2, 0.25) is 0 Å². The summed E-state index contributed by atoms with van der Waals surface area (Å²) in [5, 5.41) is 12.3. The largest absolute Gasteiger partial charge is 0.481 e. The molecule has 5 heteroatoms. The molecule has 21 heavy (non-hydrogen) atoms. The lowest BCUT2D eigenvalue weighted by Crippen LogP contribution is -2.54. The summed E-state index contributed by atoms with van der Waals surface area (Å²) in [5.41, 5.74) is 0. The molecular formula is C16H28N2O3. The van der Waals surface area contributed by atoms with Crippen molar-refractivity contribution in [3.8, 4) is 0 Å². The average Bonchev–Trinajstić information content (AvgIpc) is 2.41. The molecule has 5 nitrogen and oxygen atoms in total. The standard InChI is InChI=1S/C16H28N2O3/c1-10-4-5-14(11(2)8-10)17-16(21)18-7-6-13(15(19)20)9-12(18)3/h10-14H,4-9H2,1-3H3,(H,17,21)(H,19,20). The van der Waals surface area contributed by atoms with Crippen LogP contribution in [0.15, 0.2) is 0 Å². The molecule has 1 saturated carbocycles. The molecule has 0 spiro atoms. The van der Waals surface area contributed by atoms with Crippen LogP contribution < -0.4 is 5.32 Å². The predicted molar refractivity (Wildman–Crippen MR) is 81.0 cm³/mol. The van der Waals surface area contributed by atoms with Gasteiger partial charge in [-0.25, -0.2) is 4.79 Å². The molecular weight excluding hydrogens is 268 g/mol. The second kappa shape index (κ2) is 6.67. The van der Waals surface area contributed by atoms with E-state index in [-0.39, 0.29) is 24.0 Å². The fourth-order valence-corrected chi connectivity index (χ4v) is 3.82. The number of hydrogen-bond acceptors (Lipinski definition) is 2. The number of rotatable bonds is 2. The topological polar surface area (TPSA) is 69.6 Å². The highest BCUT2D eigenvalue weighted by Gasteiger charge is 2.34. The van der Waals surface area contributed by atoms with Crippen LogP contribution in [0.1, 0.15) is 52.9 Å². The van der Waals surface area contributed by atoms with Gasteiger partial charge in [-0.3, -0.25) is 4.79 Å². The molecule has 2 rings (SSSR count). The second-order valence-corrected chi connectivity index (χ2v) is 7.05. The summed E-state index contributed by atoms with van der Waals surface area (Å²) in [6.07, 6.45) is 4.51. The van der Waals surface area contributed by atoms with Gasteiger partial charge >= 0.3 is 12.0 Å². The van der Waals surface area contributed by atoms with Crippen LogP contribution in [0.3, 0.4) is 0 Å². The molecule has 0 radical (unpaired) electrons. The molecule has 1 aliphatic carbocycles. The molecule has 1 aliphatic heterocycles. The molecule has 120 valence electrons. The van der Waals surface area contributed by atoms with E-state index in [0.717, 1.165) is 12.3 Å². The third-order valence-corrected chi connectivity index (χ3v) is 5.23. The number of nitrogens with one attached hydrogen (secondary N) is 1. The van der Waals surface area contributed by atoms with Crippen molar-refractivity contribution in [3.63, 3.8) is 0 Å². The van der Waals surface area contributed by atoms with Gasteiger partial charge in [0.1, 0.15) is 0 Å². The van der Waals surface area contributed by atoms with Crippen LogP contribution in [-0.2, 0) is 4.79 Å². The zero-order valence-corrected chi connectivity index (χ0v) is 13.3. The minimum absolute atomic E-state index is 0.00216. The summed E-state index contributed by atoms with van der Waals surface area (Å²) in [6.45, 7) is 6.97. The molecule has 5 unspecified atom stereocenters. The summed E-state index contributed by atoms with van der Waals surface area (Å²) >= 11 is 0. The van der Waals surface area contributed by atoms with Crippen LogP contribution in [0.5, 0.6) is 0 Å². The van der Waals surface area contributed by atoms with Crippen LogP contribution in [0.2, 0.25) is 0 Å². The summed E-state index contributed by atoms with van der Waals surface area (Å²) in [5.74, 6) is 0.221. The fraction of sp³-hybridized carbons (Fsp3) is 0.875. The number of carbonyl (C=O) groups is 2. The first-order valence-corrected chi connectivity index (χ1v) is 8.18. The van der Waals surface area contributed by atoms with E-state index in [1.807, 2.05) is 11.8 Å². The van der Waals surface area contributed by atoms with Crippen molar-refractivity contribution < 1.29 is 14.7 Å². The van der Waals surface area contributed by atoms with Gasteiger partial charge in [0, 0.05) is 18.6 Å². The number of carboxylic acids is 1. The van der Waals surface area contributed by atoms with Crippen molar-refractivity contribution >= 4 is 12.0 Å². The quantitative estimate of drug-likeness (QED) is 0.823. The van der Waals surface area contributed by atoms with E-state index < -0.39 is 5.97 Å². The Morgan fingerprint density at radius 3 is 2.38 bits per heavy atom. The Kier molecular flexibility index (Phi) is 5.12. The molecule has 5 atom stereocenters. The number of carbonyl (C=O) groups excluding carboxylic acids is 1. The van der Waals surface area contributed by atoms with Gasteiger partial charge in [-0.05, 0) is 50.9 Å². The van der Waals surface area contributed by atoms with Crippen molar-refractivity contribution in [2.75, 3.05) is 6.54 Å². The van der Waals surface area contributed by atoms with E-state index in [2.05, 4.69) is 19.2 Å². The summed E-state index contributed by atoms with van der Waals surface area (Å²) in [7, 11) is 0. The van der Waals surface area contributed by atoms with Crippen molar-refractivity contribution in [3.05, 3.63) is 0 Å². The van der Waals surface area contributed by atoms with Crippen LogP contribution in [0.25, 0.3) is 0 Å². The Labute approximate surface area is 127 Å². The number of piperidine rings is 1. The SMILES string of the molecule is CC1CCC(NC(=O)N2CCC(C(=O)O)CC2C)C(C)C1. The highest BCUT2D eigenvalue weighted by Crippen LogP contribution is 2.29. The molecule has 2 N–H and O–H groups in total. The number of hydrogen-bond donors (Lipinski definition) is 2. The lowest BCUT2D eigenvalue weighted by molar-refractivity contribution is -0.143. The van der Waals surface area contributed by atoms with E-state index in [0.29, 0.717) is 25.3 Å². The lowest BCUT2D eigenvalue weighted by atomic mass is 9.80. The zero-order chi connectivity index (χ0) is 15.6. The molecule has 2 fully saturated rings. The van der Waals surface area contributed by atoms with Gasteiger partial charge in [-0.15, -0.1) is 0 Å². The van der Waals surface area contributed by atoms with Crippen molar-refractivity contribution in [2.45, 2.75) is 65.0 Å². The van der Waals surface area contributed by atoms with Crippen LogP contribution in [-0.4, -0.2) is 40.6 Å². The summed E-state index contributed by atoms with van der Waals surface area (Å²) in [4.78, 5) is 25.3. The molecule has 2 aliphatic rings. The highest BCUT2D eigenvalue weighted by atomic mass is 16.4. The summed E-state index contributed by atoms with van der Waals surface area (Å²) in [6, 6.07) is 0.244. The lowest BCUT2D eigenvalue weighted by Gasteiger charge is -2.39. The van der Waals surface area contributed by atoms with Gasteiger partial charge in [-0.1, -0.05) is 13.8 Å². The number of carboxylic acid groups (broad SMARTS) is 1. The second-order valence-electron chi connectivity index (χ2n) is 7.05. The molecule has 2 amide bonds. The number of amides is 2. The maximum atomic E-state index is 12.4. The van der Waals surface area contributed by atoms with E-state index in [9.17, 15) is 9.59 Å². The van der Waals surface area contributed by atoms with Crippen molar-refractivity contribution in [1.82, 2.24) is 10.2 Å². The molecule has 0 aromatic heterocycles. The Hall–Kier alpha value is -1.26. The fourth-order valence-electron chi connectivity index (χ4n) is 3.82. The third kappa shape index (κ3) is 3.89. The zero-order valence-electron chi connectivity index (χ0n) is 13.3. The molecule has 0 aromatic carbocycles. The monoisotopic (exact) mass is 296 g/mol. The summed E-state index contributed by atoms with van der Waals surface area (Å²) < 4.78 is 0. The van der Waals surface area contributed by atoms with Gasteiger partial charge in [0.05, 0.1) is 5.92 Å². The van der Waals surface area contributed by atoms with Crippen LogP contribution >= 0.6 is 0 Å². The van der Waals surface area contributed by atoms with Crippen LogP contribution in [0.4, 0.5) is 4.79 Å². The number of likely N-dealkylation sites (tertiary alicyclic amines) is 1.